The second-order valence-electron chi connectivity index (χ2n) is 4.67. The van der Waals surface area contributed by atoms with Gasteiger partial charge in [-0.15, -0.1) is 0 Å². The van der Waals surface area contributed by atoms with Gasteiger partial charge in [-0.25, -0.2) is 5.48 Å². The molecule has 0 aromatic heterocycles. The minimum atomic E-state index is -0.557. The summed E-state index contributed by atoms with van der Waals surface area (Å²) < 4.78 is 0. The highest BCUT2D eigenvalue weighted by molar-refractivity contribution is 5.92. The number of rotatable bonds is 4. The fraction of sp³-hybridized carbons (Fsp3) is 0.818. The van der Waals surface area contributed by atoms with Crippen molar-refractivity contribution in [1.82, 2.24) is 16.1 Å². The standard InChI is InChI=1S/C11H19N3O3/c1-2-4-11(5-3-6-12-11)10(16)13-8-7-17-14-9(8)15/h8,12H,2-7H2,1H3,(H,13,16)(H,14,15)/t8-,11?/m1/s1. The molecule has 3 N–H and O–H groups in total. The second-order valence-corrected chi connectivity index (χ2v) is 4.67. The molecule has 2 atom stereocenters. The van der Waals surface area contributed by atoms with Crippen LogP contribution in [-0.2, 0) is 14.4 Å². The van der Waals surface area contributed by atoms with Crippen LogP contribution in [0.25, 0.3) is 0 Å². The third-order valence-corrected chi connectivity index (χ3v) is 3.40. The molecule has 17 heavy (non-hydrogen) atoms. The Morgan fingerprint density at radius 2 is 2.47 bits per heavy atom. The maximum absolute atomic E-state index is 12.2. The highest BCUT2D eigenvalue weighted by Crippen LogP contribution is 2.25. The van der Waals surface area contributed by atoms with E-state index in [1.165, 1.54) is 0 Å². The summed E-state index contributed by atoms with van der Waals surface area (Å²) in [7, 11) is 0. The number of carbonyl (C=O) groups is 2. The van der Waals surface area contributed by atoms with E-state index >= 15 is 0 Å². The molecule has 1 unspecified atom stereocenters. The average Bonchev–Trinajstić information content (AvgIpc) is 2.91. The van der Waals surface area contributed by atoms with Crippen LogP contribution in [0.5, 0.6) is 0 Å². The maximum atomic E-state index is 12.2. The van der Waals surface area contributed by atoms with Crippen LogP contribution < -0.4 is 16.1 Å². The summed E-state index contributed by atoms with van der Waals surface area (Å²) in [6.45, 7) is 3.12. The van der Waals surface area contributed by atoms with Gasteiger partial charge in [0.1, 0.15) is 12.6 Å². The van der Waals surface area contributed by atoms with E-state index in [4.69, 9.17) is 4.84 Å². The molecule has 2 saturated heterocycles. The Balaban J connectivity index is 1.99. The van der Waals surface area contributed by atoms with E-state index in [2.05, 4.69) is 23.0 Å². The van der Waals surface area contributed by atoms with E-state index in [0.717, 1.165) is 32.2 Å². The van der Waals surface area contributed by atoms with Crippen molar-refractivity contribution in [3.8, 4) is 0 Å². The van der Waals surface area contributed by atoms with Crippen LogP contribution in [0.1, 0.15) is 32.6 Å². The SMILES string of the molecule is CCCC1(C(=O)N[C@@H]2CONC2=O)CCCN1. The van der Waals surface area contributed by atoms with E-state index in [1.807, 2.05) is 0 Å². The van der Waals surface area contributed by atoms with E-state index in [-0.39, 0.29) is 18.4 Å². The monoisotopic (exact) mass is 241 g/mol. The Kier molecular flexibility index (Phi) is 3.63. The summed E-state index contributed by atoms with van der Waals surface area (Å²) in [5.74, 6) is -0.356. The predicted octanol–water partition coefficient (Wildman–Crippen LogP) is -0.545. The number of nitrogens with one attached hydrogen (secondary N) is 3. The summed E-state index contributed by atoms with van der Waals surface area (Å²) in [6.07, 6.45) is 3.57. The van der Waals surface area contributed by atoms with Gasteiger partial charge in [-0.3, -0.25) is 14.4 Å². The van der Waals surface area contributed by atoms with Gasteiger partial charge in [-0.05, 0) is 25.8 Å². The minimum Gasteiger partial charge on any atom is -0.341 e. The van der Waals surface area contributed by atoms with Crippen LogP contribution >= 0.6 is 0 Å². The third kappa shape index (κ3) is 2.42. The molecular formula is C11H19N3O3. The molecule has 0 radical (unpaired) electrons. The molecule has 6 heteroatoms. The van der Waals surface area contributed by atoms with E-state index in [9.17, 15) is 9.59 Å². The van der Waals surface area contributed by atoms with Crippen LogP contribution in [-0.4, -0.2) is 36.5 Å². The molecule has 2 rings (SSSR count). The van der Waals surface area contributed by atoms with Crippen molar-refractivity contribution in [3.63, 3.8) is 0 Å². The molecule has 0 aliphatic carbocycles. The molecule has 0 bridgehead atoms. The number of amides is 2. The van der Waals surface area contributed by atoms with Gasteiger partial charge in [0.2, 0.25) is 5.91 Å². The molecular weight excluding hydrogens is 222 g/mol. The van der Waals surface area contributed by atoms with E-state index in [0.29, 0.717) is 0 Å². The molecule has 6 nitrogen and oxygen atoms in total. The van der Waals surface area contributed by atoms with Gasteiger partial charge in [0.25, 0.3) is 5.91 Å². The van der Waals surface area contributed by atoms with E-state index in [1.54, 1.807) is 0 Å². The largest absolute Gasteiger partial charge is 0.341 e. The smallest absolute Gasteiger partial charge is 0.268 e. The molecule has 0 aromatic carbocycles. The van der Waals surface area contributed by atoms with Gasteiger partial charge in [0.05, 0.1) is 5.54 Å². The Hall–Kier alpha value is -1.14. The summed E-state index contributed by atoms with van der Waals surface area (Å²) in [4.78, 5) is 28.4. The van der Waals surface area contributed by atoms with Crippen molar-refractivity contribution in [2.45, 2.75) is 44.2 Å². The first-order valence-corrected chi connectivity index (χ1v) is 6.15. The number of hydroxylamine groups is 1. The van der Waals surface area contributed by atoms with Gasteiger partial charge in [0.15, 0.2) is 0 Å². The Labute approximate surface area is 100 Å². The van der Waals surface area contributed by atoms with Gasteiger partial charge in [0, 0.05) is 0 Å². The molecule has 2 aliphatic rings. The average molecular weight is 241 g/mol. The zero-order valence-electron chi connectivity index (χ0n) is 10.0. The maximum Gasteiger partial charge on any atom is 0.268 e. The van der Waals surface area contributed by atoms with Crippen molar-refractivity contribution in [1.29, 1.82) is 0 Å². The molecule has 2 heterocycles. The van der Waals surface area contributed by atoms with Gasteiger partial charge in [-0.1, -0.05) is 13.3 Å². The van der Waals surface area contributed by atoms with Crippen molar-refractivity contribution in [3.05, 3.63) is 0 Å². The number of hydrogen-bond donors (Lipinski definition) is 3. The van der Waals surface area contributed by atoms with Gasteiger partial charge >= 0.3 is 0 Å². The second kappa shape index (κ2) is 5.01. The zero-order valence-corrected chi connectivity index (χ0v) is 10.0. The van der Waals surface area contributed by atoms with Crippen molar-refractivity contribution < 1.29 is 14.4 Å². The summed E-state index contributed by atoms with van der Waals surface area (Å²) >= 11 is 0. The van der Waals surface area contributed by atoms with Crippen LogP contribution in [0, 0.1) is 0 Å². The topological polar surface area (TPSA) is 79.5 Å². The zero-order chi connectivity index (χ0) is 12.3. The van der Waals surface area contributed by atoms with Crippen LogP contribution in [0.3, 0.4) is 0 Å². The lowest BCUT2D eigenvalue weighted by molar-refractivity contribution is -0.132. The summed E-state index contributed by atoms with van der Waals surface area (Å²) in [5, 5.41) is 6.03. The lowest BCUT2D eigenvalue weighted by Gasteiger charge is -2.28. The third-order valence-electron chi connectivity index (χ3n) is 3.40. The molecule has 0 spiro atoms. The molecule has 2 amide bonds. The quantitative estimate of drug-likeness (QED) is 0.617. The fourth-order valence-electron chi connectivity index (χ4n) is 2.50. The first-order chi connectivity index (χ1) is 8.18. The Morgan fingerprint density at radius 3 is 3.00 bits per heavy atom. The first-order valence-electron chi connectivity index (χ1n) is 6.15. The van der Waals surface area contributed by atoms with Crippen LogP contribution in [0.15, 0.2) is 0 Å². The number of hydrogen-bond acceptors (Lipinski definition) is 4. The lowest BCUT2D eigenvalue weighted by Crippen LogP contribution is -2.57. The molecule has 96 valence electrons. The molecule has 2 fully saturated rings. The molecule has 0 aromatic rings. The van der Waals surface area contributed by atoms with Crippen LogP contribution in [0.4, 0.5) is 0 Å². The number of carbonyl (C=O) groups excluding carboxylic acids is 2. The fourth-order valence-corrected chi connectivity index (χ4v) is 2.50. The normalized spacial score (nSPS) is 32.5. The predicted molar refractivity (Wildman–Crippen MR) is 60.9 cm³/mol. The van der Waals surface area contributed by atoms with Crippen molar-refractivity contribution in [2.24, 2.45) is 0 Å². The first kappa shape index (κ1) is 12.3. The van der Waals surface area contributed by atoms with Crippen LogP contribution in [0.2, 0.25) is 0 Å². The summed E-state index contributed by atoms with van der Waals surface area (Å²) in [6, 6.07) is -0.557. The van der Waals surface area contributed by atoms with Gasteiger partial charge < -0.3 is 10.6 Å². The molecule has 2 aliphatic heterocycles. The van der Waals surface area contributed by atoms with Crippen molar-refractivity contribution >= 4 is 11.8 Å². The Bertz CT molecular complexity index is 313. The van der Waals surface area contributed by atoms with Gasteiger partial charge in [-0.2, -0.15) is 0 Å². The summed E-state index contributed by atoms with van der Waals surface area (Å²) in [5.41, 5.74) is 1.75. The lowest BCUT2D eigenvalue weighted by atomic mass is 9.90. The molecule has 0 saturated carbocycles. The van der Waals surface area contributed by atoms with E-state index < -0.39 is 11.6 Å². The highest BCUT2D eigenvalue weighted by Gasteiger charge is 2.42. The highest BCUT2D eigenvalue weighted by atomic mass is 16.7. The van der Waals surface area contributed by atoms with Crippen molar-refractivity contribution in [2.75, 3.05) is 13.2 Å². The minimum absolute atomic E-state index is 0.0810. The Morgan fingerprint density at radius 1 is 1.65 bits per heavy atom.